The van der Waals surface area contributed by atoms with E-state index in [0.29, 0.717) is 22.2 Å². The fourth-order valence-electron chi connectivity index (χ4n) is 2.19. The lowest BCUT2D eigenvalue weighted by Crippen LogP contribution is -2.35. The molecule has 24 heavy (non-hydrogen) atoms. The van der Waals surface area contributed by atoms with Crippen LogP contribution in [0.15, 0.2) is 47.4 Å². The van der Waals surface area contributed by atoms with Crippen LogP contribution in [-0.2, 0) is 10.0 Å². The smallest absolute Gasteiger partial charge is 0.241 e. The first kappa shape index (κ1) is 19.0. The maximum atomic E-state index is 12.6. The van der Waals surface area contributed by atoms with Gasteiger partial charge in [-0.25, -0.2) is 13.1 Å². The Balaban J connectivity index is 2.34. The molecular formula is C16H18Cl2N2O3S. The van der Waals surface area contributed by atoms with Gasteiger partial charge in [-0.1, -0.05) is 29.3 Å². The first-order valence-corrected chi connectivity index (χ1v) is 9.34. The van der Waals surface area contributed by atoms with Crippen molar-refractivity contribution < 1.29 is 13.5 Å². The maximum absolute atomic E-state index is 12.6. The second kappa shape index (κ2) is 7.72. The molecule has 0 bridgehead atoms. The molecule has 5 nitrogen and oxygen atoms in total. The van der Waals surface area contributed by atoms with Crippen LogP contribution in [-0.4, -0.2) is 39.1 Å². The minimum Gasteiger partial charge on any atom is -0.508 e. The normalized spacial score (nSPS) is 13.2. The first-order valence-electron chi connectivity index (χ1n) is 7.10. The van der Waals surface area contributed by atoms with E-state index < -0.39 is 16.1 Å². The number of phenolic OH excluding ortho intramolecular Hbond substituents is 1. The zero-order valence-corrected chi connectivity index (χ0v) is 15.5. The van der Waals surface area contributed by atoms with Gasteiger partial charge in [-0.3, -0.25) is 0 Å². The molecule has 1 unspecified atom stereocenters. The third kappa shape index (κ3) is 4.84. The van der Waals surface area contributed by atoms with E-state index in [1.165, 1.54) is 24.3 Å². The van der Waals surface area contributed by atoms with E-state index >= 15 is 0 Å². The van der Waals surface area contributed by atoms with Crippen LogP contribution in [0.3, 0.4) is 0 Å². The Hall–Kier alpha value is -1.31. The van der Waals surface area contributed by atoms with Crippen LogP contribution in [0.5, 0.6) is 5.75 Å². The van der Waals surface area contributed by atoms with Crippen LogP contribution in [0.25, 0.3) is 0 Å². The van der Waals surface area contributed by atoms with Crippen molar-refractivity contribution in [2.75, 3.05) is 20.6 Å². The van der Waals surface area contributed by atoms with Crippen LogP contribution in [0.1, 0.15) is 11.6 Å². The van der Waals surface area contributed by atoms with Gasteiger partial charge in [-0.2, -0.15) is 0 Å². The summed E-state index contributed by atoms with van der Waals surface area (Å²) in [4.78, 5) is 1.94. The van der Waals surface area contributed by atoms with E-state index in [1.54, 1.807) is 18.2 Å². The number of nitrogens with one attached hydrogen (secondary N) is 1. The Labute approximate surface area is 151 Å². The Kier molecular flexibility index (Phi) is 6.11. The van der Waals surface area contributed by atoms with Crippen molar-refractivity contribution in [1.82, 2.24) is 9.62 Å². The Morgan fingerprint density at radius 1 is 1.08 bits per heavy atom. The summed E-state index contributed by atoms with van der Waals surface area (Å²) in [7, 11) is -0.0636. The number of nitrogens with zero attached hydrogens (tertiary/aromatic N) is 1. The Morgan fingerprint density at radius 3 is 2.25 bits per heavy atom. The molecule has 0 saturated carbocycles. The number of sulfonamides is 1. The summed E-state index contributed by atoms with van der Waals surface area (Å²) in [5.74, 6) is 0.00303. The molecule has 0 saturated heterocycles. The van der Waals surface area contributed by atoms with E-state index in [0.717, 1.165) is 0 Å². The lowest BCUT2D eigenvalue weighted by Gasteiger charge is -2.23. The molecule has 130 valence electrons. The SMILES string of the molecule is CN(C)CC(NS(=O)(=O)c1ccc(O)cc1)c1ccc(Cl)c(Cl)c1. The number of halogens is 2. The molecule has 0 aliphatic heterocycles. The van der Waals surface area contributed by atoms with Crippen LogP contribution in [0.2, 0.25) is 10.0 Å². The van der Waals surface area contributed by atoms with Gasteiger partial charge in [0, 0.05) is 6.54 Å². The molecule has 2 aromatic rings. The fraction of sp³-hybridized carbons (Fsp3) is 0.250. The van der Waals surface area contributed by atoms with E-state index in [9.17, 15) is 13.5 Å². The molecule has 0 fully saturated rings. The van der Waals surface area contributed by atoms with Crippen molar-refractivity contribution in [1.29, 1.82) is 0 Å². The maximum Gasteiger partial charge on any atom is 0.241 e. The Bertz CT molecular complexity index is 809. The quantitative estimate of drug-likeness (QED) is 0.796. The van der Waals surface area contributed by atoms with Crippen molar-refractivity contribution in [3.8, 4) is 5.75 Å². The molecule has 0 aliphatic carbocycles. The van der Waals surface area contributed by atoms with Gasteiger partial charge < -0.3 is 10.0 Å². The predicted molar refractivity (Wildman–Crippen MR) is 96.2 cm³/mol. The number of hydrogen-bond acceptors (Lipinski definition) is 4. The summed E-state index contributed by atoms with van der Waals surface area (Å²) in [6.07, 6.45) is 0. The highest BCUT2D eigenvalue weighted by Crippen LogP contribution is 2.27. The second-order valence-corrected chi connectivity index (χ2v) is 8.13. The van der Waals surface area contributed by atoms with E-state index in [2.05, 4.69) is 4.72 Å². The van der Waals surface area contributed by atoms with Gasteiger partial charge in [-0.05, 0) is 56.1 Å². The van der Waals surface area contributed by atoms with Crippen LogP contribution in [0.4, 0.5) is 0 Å². The van der Waals surface area contributed by atoms with Gasteiger partial charge >= 0.3 is 0 Å². The van der Waals surface area contributed by atoms with Gasteiger partial charge in [0.2, 0.25) is 10.0 Å². The van der Waals surface area contributed by atoms with Gasteiger partial charge in [0.25, 0.3) is 0 Å². The summed E-state index contributed by atoms with van der Waals surface area (Å²) in [5, 5.41) is 10.1. The van der Waals surface area contributed by atoms with Gasteiger partial charge in [-0.15, -0.1) is 0 Å². The molecule has 2 rings (SSSR count). The van der Waals surface area contributed by atoms with Gasteiger partial charge in [0.15, 0.2) is 0 Å². The summed E-state index contributed by atoms with van der Waals surface area (Å²) >= 11 is 12.0. The first-order chi connectivity index (χ1) is 11.2. The third-order valence-corrected chi connectivity index (χ3v) is 5.56. The fourth-order valence-corrected chi connectivity index (χ4v) is 3.71. The lowest BCUT2D eigenvalue weighted by atomic mass is 10.1. The molecule has 1 atom stereocenters. The van der Waals surface area contributed by atoms with Gasteiger partial charge in [0.1, 0.15) is 5.75 Å². The van der Waals surface area contributed by atoms with E-state index in [1.807, 2.05) is 19.0 Å². The molecule has 0 spiro atoms. The summed E-state index contributed by atoms with van der Waals surface area (Å²) < 4.78 is 27.9. The van der Waals surface area contributed by atoms with Crippen molar-refractivity contribution in [2.24, 2.45) is 0 Å². The van der Waals surface area contributed by atoms with Crippen molar-refractivity contribution >= 4 is 33.2 Å². The second-order valence-electron chi connectivity index (χ2n) is 5.60. The minimum absolute atomic E-state index is 0.00303. The molecule has 0 radical (unpaired) electrons. The van der Waals surface area contributed by atoms with Crippen molar-refractivity contribution in [3.05, 3.63) is 58.1 Å². The number of aromatic hydroxyl groups is 1. The molecular weight excluding hydrogens is 371 g/mol. The van der Waals surface area contributed by atoms with Gasteiger partial charge in [0.05, 0.1) is 21.0 Å². The van der Waals surface area contributed by atoms with Crippen molar-refractivity contribution in [3.63, 3.8) is 0 Å². The largest absolute Gasteiger partial charge is 0.508 e. The van der Waals surface area contributed by atoms with Crippen LogP contribution < -0.4 is 4.72 Å². The highest BCUT2D eigenvalue weighted by Gasteiger charge is 2.22. The summed E-state index contributed by atoms with van der Waals surface area (Å²) in [6.45, 7) is 0.440. The monoisotopic (exact) mass is 388 g/mol. The molecule has 0 aromatic heterocycles. The minimum atomic E-state index is -3.76. The Morgan fingerprint density at radius 2 is 1.71 bits per heavy atom. The number of rotatable bonds is 6. The number of benzene rings is 2. The molecule has 2 N–H and O–H groups in total. The average Bonchev–Trinajstić information content (AvgIpc) is 2.49. The topological polar surface area (TPSA) is 69.6 Å². The summed E-state index contributed by atoms with van der Waals surface area (Å²) in [5.41, 5.74) is 0.709. The molecule has 0 amide bonds. The average molecular weight is 389 g/mol. The molecule has 2 aromatic carbocycles. The zero-order valence-electron chi connectivity index (χ0n) is 13.2. The number of likely N-dealkylation sites (N-methyl/N-ethyl adjacent to an activating group) is 1. The van der Waals surface area contributed by atoms with E-state index in [-0.39, 0.29) is 10.6 Å². The highest BCUT2D eigenvalue weighted by atomic mass is 35.5. The molecule has 8 heteroatoms. The molecule has 0 aliphatic rings. The van der Waals surface area contributed by atoms with Crippen LogP contribution in [0, 0.1) is 0 Å². The standard InChI is InChI=1S/C16H18Cl2N2O3S/c1-20(2)10-16(11-3-8-14(17)15(18)9-11)19-24(22,23)13-6-4-12(21)5-7-13/h3-9,16,19,21H,10H2,1-2H3. The van der Waals surface area contributed by atoms with Crippen LogP contribution >= 0.6 is 23.2 Å². The third-order valence-electron chi connectivity index (χ3n) is 3.34. The highest BCUT2D eigenvalue weighted by molar-refractivity contribution is 7.89. The molecule has 0 heterocycles. The van der Waals surface area contributed by atoms with Crippen molar-refractivity contribution in [2.45, 2.75) is 10.9 Å². The zero-order chi connectivity index (χ0) is 17.9. The number of hydrogen-bond donors (Lipinski definition) is 2. The lowest BCUT2D eigenvalue weighted by molar-refractivity contribution is 0.363. The van der Waals surface area contributed by atoms with E-state index in [4.69, 9.17) is 23.2 Å². The number of phenols is 1. The summed E-state index contributed by atoms with van der Waals surface area (Å²) in [6, 6.07) is 9.87. The predicted octanol–water partition coefficient (Wildman–Crippen LogP) is 3.28.